The van der Waals surface area contributed by atoms with E-state index in [4.69, 9.17) is 23.2 Å². The lowest BCUT2D eigenvalue weighted by atomic mass is 10.0. The maximum Gasteiger partial charge on any atom is 0.453 e. The quantitative estimate of drug-likeness (QED) is 0.506. The Hall–Kier alpha value is -2.32. The number of aryl methyl sites for hydroxylation is 1. The lowest BCUT2D eigenvalue weighted by Gasteiger charge is -2.10. The summed E-state index contributed by atoms with van der Waals surface area (Å²) >= 11 is 12.3. The van der Waals surface area contributed by atoms with Crippen LogP contribution in [0.1, 0.15) is 11.4 Å². The van der Waals surface area contributed by atoms with Crippen LogP contribution < -0.4 is 0 Å². The Morgan fingerprint density at radius 2 is 1.88 bits per heavy atom. The summed E-state index contributed by atoms with van der Waals surface area (Å²) in [6.45, 7) is 1.73. The van der Waals surface area contributed by atoms with E-state index < -0.39 is 12.0 Å². The number of aromatic nitrogens is 5. The summed E-state index contributed by atoms with van der Waals surface area (Å²) < 4.78 is 40.1. The number of pyridine rings is 1. The minimum Gasteiger partial charge on any atom is -0.276 e. The van der Waals surface area contributed by atoms with E-state index in [2.05, 4.69) is 20.3 Å². The second-order valence-corrected chi connectivity index (χ2v) is 6.30. The smallest absolute Gasteiger partial charge is 0.276 e. The number of hydrogen-bond acceptors (Lipinski definition) is 3. The average molecular weight is 386 g/mol. The molecule has 0 spiro atoms. The first-order valence-electron chi connectivity index (χ1n) is 7.02. The molecule has 5 nitrogen and oxygen atoms in total. The second-order valence-electron chi connectivity index (χ2n) is 5.48. The number of rotatable bonds is 1. The molecule has 0 unspecified atom stereocenters. The van der Waals surface area contributed by atoms with Crippen molar-refractivity contribution in [3.05, 3.63) is 45.8 Å². The number of halogens is 5. The summed E-state index contributed by atoms with van der Waals surface area (Å²) in [7, 11) is 0. The highest BCUT2D eigenvalue weighted by Gasteiger charge is 2.37. The van der Waals surface area contributed by atoms with E-state index >= 15 is 0 Å². The predicted molar refractivity (Wildman–Crippen MR) is 87.8 cm³/mol. The fourth-order valence-corrected chi connectivity index (χ4v) is 3.29. The van der Waals surface area contributed by atoms with Gasteiger partial charge in [-0.25, -0.2) is 9.50 Å². The summed E-state index contributed by atoms with van der Waals surface area (Å²) in [5.41, 5.74) is 2.21. The van der Waals surface area contributed by atoms with Crippen molar-refractivity contribution in [2.45, 2.75) is 13.1 Å². The first kappa shape index (κ1) is 16.2. The Balaban J connectivity index is 2.07. The molecule has 128 valence electrons. The van der Waals surface area contributed by atoms with Crippen LogP contribution in [0, 0.1) is 6.92 Å². The van der Waals surface area contributed by atoms with E-state index in [1.54, 1.807) is 31.3 Å². The van der Waals surface area contributed by atoms with Crippen LogP contribution in [0.2, 0.25) is 10.0 Å². The summed E-state index contributed by atoms with van der Waals surface area (Å²) in [4.78, 5) is 3.53. The third-order valence-corrected chi connectivity index (χ3v) is 4.35. The van der Waals surface area contributed by atoms with Crippen molar-refractivity contribution in [3.63, 3.8) is 0 Å². The van der Waals surface area contributed by atoms with Crippen LogP contribution in [0.25, 0.3) is 27.8 Å². The number of H-pyrrole nitrogens is 1. The number of fused-ring (bicyclic) bond motifs is 2. The maximum absolute atomic E-state index is 13.0. The van der Waals surface area contributed by atoms with Gasteiger partial charge in [-0.3, -0.25) is 5.10 Å². The molecule has 0 aliphatic rings. The van der Waals surface area contributed by atoms with E-state index in [9.17, 15) is 13.2 Å². The zero-order valence-corrected chi connectivity index (χ0v) is 14.0. The Bertz CT molecular complexity index is 1130. The molecule has 0 saturated carbocycles. The molecular weight excluding hydrogens is 378 g/mol. The molecule has 0 aliphatic carbocycles. The van der Waals surface area contributed by atoms with Crippen LogP contribution >= 0.6 is 23.2 Å². The molecule has 3 aromatic heterocycles. The average Bonchev–Trinajstić information content (AvgIpc) is 3.13. The molecule has 0 aliphatic heterocycles. The highest BCUT2D eigenvalue weighted by molar-refractivity contribution is 6.35. The van der Waals surface area contributed by atoms with E-state index in [0.717, 1.165) is 9.90 Å². The zero-order chi connectivity index (χ0) is 17.9. The molecule has 0 saturated heterocycles. The van der Waals surface area contributed by atoms with Crippen molar-refractivity contribution in [1.82, 2.24) is 24.8 Å². The minimum atomic E-state index is -4.67. The number of alkyl halides is 3. The van der Waals surface area contributed by atoms with Crippen molar-refractivity contribution in [2.75, 3.05) is 0 Å². The third-order valence-electron chi connectivity index (χ3n) is 3.78. The Labute approximate surface area is 148 Å². The van der Waals surface area contributed by atoms with Gasteiger partial charge in [-0.2, -0.15) is 18.3 Å². The summed E-state index contributed by atoms with van der Waals surface area (Å²) in [6.07, 6.45) is -3.09. The van der Waals surface area contributed by atoms with Crippen LogP contribution in [0.15, 0.2) is 24.4 Å². The minimum absolute atomic E-state index is 0.0713. The largest absolute Gasteiger partial charge is 0.453 e. The molecule has 4 rings (SSSR count). The van der Waals surface area contributed by atoms with Crippen molar-refractivity contribution in [1.29, 1.82) is 0 Å². The molecule has 1 N–H and O–H groups in total. The van der Waals surface area contributed by atoms with E-state index in [1.165, 1.54) is 0 Å². The highest BCUT2D eigenvalue weighted by atomic mass is 35.5. The molecule has 0 radical (unpaired) electrons. The number of aromatic amines is 1. The molecule has 0 bridgehead atoms. The van der Waals surface area contributed by atoms with Gasteiger partial charge in [0.15, 0.2) is 5.65 Å². The van der Waals surface area contributed by atoms with Crippen molar-refractivity contribution < 1.29 is 13.2 Å². The van der Waals surface area contributed by atoms with E-state index in [-0.39, 0.29) is 10.7 Å². The molecular formula is C15H8Cl2F3N5. The SMILES string of the molecule is Cc1cc(Cl)c2nc(C(F)(F)F)nn2c1-c1cc(Cl)c2[nH]ncc2c1. The molecule has 4 aromatic rings. The van der Waals surface area contributed by atoms with Crippen molar-refractivity contribution in [3.8, 4) is 11.3 Å². The Morgan fingerprint density at radius 3 is 2.60 bits per heavy atom. The lowest BCUT2D eigenvalue weighted by molar-refractivity contribution is -0.144. The van der Waals surface area contributed by atoms with Gasteiger partial charge < -0.3 is 0 Å². The number of hydrogen-bond donors (Lipinski definition) is 1. The standard InChI is InChI=1S/C15H8Cl2F3N5/c1-6-2-10(17)13-22-14(15(18,19)20)24-25(13)12(6)7-3-8-5-21-23-11(8)9(16)4-7/h2-5H,1H3,(H,21,23). The van der Waals surface area contributed by atoms with Crippen LogP contribution in [-0.4, -0.2) is 24.8 Å². The van der Waals surface area contributed by atoms with Gasteiger partial charge in [0, 0.05) is 10.9 Å². The van der Waals surface area contributed by atoms with E-state index in [1.807, 2.05) is 0 Å². The number of nitrogens with one attached hydrogen (secondary N) is 1. The van der Waals surface area contributed by atoms with Gasteiger partial charge in [0.25, 0.3) is 5.82 Å². The van der Waals surface area contributed by atoms with E-state index in [0.29, 0.717) is 27.4 Å². The molecule has 10 heteroatoms. The van der Waals surface area contributed by atoms with Crippen LogP contribution in [-0.2, 0) is 6.18 Å². The molecule has 0 fully saturated rings. The predicted octanol–water partition coefficient (Wildman–Crippen LogP) is 4.91. The summed E-state index contributed by atoms with van der Waals surface area (Å²) in [5, 5.41) is 11.5. The Kier molecular flexibility index (Phi) is 3.45. The van der Waals surface area contributed by atoms with Crippen LogP contribution in [0.3, 0.4) is 0 Å². The van der Waals surface area contributed by atoms with Crippen LogP contribution in [0.4, 0.5) is 13.2 Å². The van der Waals surface area contributed by atoms with Gasteiger partial charge in [0.05, 0.1) is 27.5 Å². The first-order chi connectivity index (χ1) is 11.8. The van der Waals surface area contributed by atoms with Gasteiger partial charge in [-0.1, -0.05) is 23.2 Å². The van der Waals surface area contributed by atoms with Crippen molar-refractivity contribution >= 4 is 39.8 Å². The normalized spacial score (nSPS) is 12.4. The molecule has 0 atom stereocenters. The first-order valence-corrected chi connectivity index (χ1v) is 7.77. The third kappa shape index (κ3) is 2.52. The number of nitrogens with zero attached hydrogens (tertiary/aromatic N) is 4. The highest BCUT2D eigenvalue weighted by Crippen LogP contribution is 2.35. The number of benzene rings is 1. The topological polar surface area (TPSA) is 58.9 Å². The van der Waals surface area contributed by atoms with Gasteiger partial charge >= 0.3 is 6.18 Å². The zero-order valence-electron chi connectivity index (χ0n) is 12.5. The maximum atomic E-state index is 13.0. The Morgan fingerprint density at radius 1 is 1.12 bits per heavy atom. The fourth-order valence-electron chi connectivity index (χ4n) is 2.73. The van der Waals surface area contributed by atoms with Gasteiger partial charge in [0.2, 0.25) is 0 Å². The van der Waals surface area contributed by atoms with Crippen LogP contribution in [0.5, 0.6) is 0 Å². The fraction of sp³-hybridized carbons (Fsp3) is 0.133. The molecule has 3 heterocycles. The monoisotopic (exact) mass is 385 g/mol. The van der Waals surface area contributed by atoms with Gasteiger partial charge in [0.1, 0.15) is 0 Å². The molecule has 0 amide bonds. The van der Waals surface area contributed by atoms with Gasteiger partial charge in [-0.05, 0) is 30.7 Å². The van der Waals surface area contributed by atoms with Crippen molar-refractivity contribution in [2.24, 2.45) is 0 Å². The van der Waals surface area contributed by atoms with Gasteiger partial charge in [-0.15, -0.1) is 5.10 Å². The molecule has 1 aromatic carbocycles. The summed E-state index contributed by atoms with van der Waals surface area (Å²) in [5.74, 6) is -1.25. The second kappa shape index (κ2) is 5.34. The summed E-state index contributed by atoms with van der Waals surface area (Å²) in [6, 6.07) is 4.94. The lowest BCUT2D eigenvalue weighted by Crippen LogP contribution is -2.08. The molecule has 25 heavy (non-hydrogen) atoms.